The van der Waals surface area contributed by atoms with Crippen LogP contribution in [0.4, 0.5) is 10.2 Å². The molecule has 1 aromatic heterocycles. The van der Waals surface area contributed by atoms with E-state index in [-0.39, 0.29) is 5.82 Å². The van der Waals surface area contributed by atoms with Crippen LogP contribution in [0.5, 0.6) is 0 Å². The van der Waals surface area contributed by atoms with Crippen molar-refractivity contribution >= 4 is 29.0 Å². The summed E-state index contributed by atoms with van der Waals surface area (Å²) in [4.78, 5) is 0. The number of anilines is 1. The SMILES string of the molecule is Fc1ccccc1-n1nc(-c2ccc(Cl)cc2Cl)c2c1NCCCC2. The Balaban J connectivity index is 1.95. The maximum absolute atomic E-state index is 14.4. The standard InChI is InChI=1S/C19H16Cl2FN3/c20-12-8-9-13(15(21)11-12)18-14-5-3-4-10-23-19(14)25(24-18)17-7-2-1-6-16(17)22/h1-2,6-9,11,23H,3-5,10H2. The molecule has 0 saturated heterocycles. The summed E-state index contributed by atoms with van der Waals surface area (Å²) in [5.41, 5.74) is 3.06. The number of fused-ring (bicyclic) bond motifs is 1. The summed E-state index contributed by atoms with van der Waals surface area (Å²) in [5.74, 6) is 0.524. The summed E-state index contributed by atoms with van der Waals surface area (Å²) >= 11 is 12.4. The Bertz CT molecular complexity index is 936. The highest BCUT2D eigenvalue weighted by Crippen LogP contribution is 2.38. The summed E-state index contributed by atoms with van der Waals surface area (Å²) in [6.45, 7) is 0.834. The summed E-state index contributed by atoms with van der Waals surface area (Å²) in [7, 11) is 0. The number of hydrogen-bond donors (Lipinski definition) is 1. The number of halogens is 3. The summed E-state index contributed by atoms with van der Waals surface area (Å²) in [5, 5.41) is 9.23. The second kappa shape index (κ2) is 6.70. The van der Waals surface area contributed by atoms with Crippen LogP contribution in [0.1, 0.15) is 18.4 Å². The van der Waals surface area contributed by atoms with E-state index < -0.39 is 0 Å². The van der Waals surface area contributed by atoms with E-state index in [0.29, 0.717) is 15.7 Å². The molecule has 3 aromatic rings. The van der Waals surface area contributed by atoms with Crippen LogP contribution in [0.25, 0.3) is 16.9 Å². The van der Waals surface area contributed by atoms with E-state index in [4.69, 9.17) is 28.3 Å². The Kier molecular flexibility index (Phi) is 4.40. The third-order valence-electron chi connectivity index (χ3n) is 4.40. The molecule has 128 valence electrons. The van der Waals surface area contributed by atoms with Crippen molar-refractivity contribution < 1.29 is 4.39 Å². The van der Waals surface area contributed by atoms with Crippen molar-refractivity contribution in [2.24, 2.45) is 0 Å². The number of benzene rings is 2. The van der Waals surface area contributed by atoms with E-state index in [2.05, 4.69) is 5.32 Å². The van der Waals surface area contributed by atoms with Crippen LogP contribution in [0.3, 0.4) is 0 Å². The monoisotopic (exact) mass is 375 g/mol. The molecule has 2 aromatic carbocycles. The maximum atomic E-state index is 14.4. The van der Waals surface area contributed by atoms with E-state index in [1.54, 1.807) is 35.0 Å². The molecule has 0 unspecified atom stereocenters. The Morgan fingerprint density at radius 1 is 1.08 bits per heavy atom. The van der Waals surface area contributed by atoms with Gasteiger partial charge in [0.2, 0.25) is 0 Å². The second-order valence-electron chi connectivity index (χ2n) is 6.05. The molecular formula is C19H16Cl2FN3. The van der Waals surface area contributed by atoms with Crippen LogP contribution in [0.15, 0.2) is 42.5 Å². The van der Waals surface area contributed by atoms with Gasteiger partial charge in [0, 0.05) is 22.7 Å². The second-order valence-corrected chi connectivity index (χ2v) is 6.89. The van der Waals surface area contributed by atoms with Gasteiger partial charge in [0.05, 0.1) is 10.7 Å². The van der Waals surface area contributed by atoms with Gasteiger partial charge in [-0.15, -0.1) is 0 Å². The molecule has 0 bridgehead atoms. The van der Waals surface area contributed by atoms with Gasteiger partial charge in [-0.1, -0.05) is 35.3 Å². The van der Waals surface area contributed by atoms with E-state index >= 15 is 0 Å². The minimum atomic E-state index is -0.312. The van der Waals surface area contributed by atoms with E-state index in [1.165, 1.54) is 6.07 Å². The average Bonchev–Trinajstić information content (AvgIpc) is 2.78. The first-order valence-electron chi connectivity index (χ1n) is 8.21. The molecule has 0 radical (unpaired) electrons. The third kappa shape index (κ3) is 3.00. The van der Waals surface area contributed by atoms with Crippen LogP contribution < -0.4 is 5.32 Å². The largest absolute Gasteiger partial charge is 0.370 e. The van der Waals surface area contributed by atoms with Crippen LogP contribution >= 0.6 is 23.2 Å². The molecule has 0 amide bonds. The van der Waals surface area contributed by atoms with Crippen LogP contribution in [-0.4, -0.2) is 16.3 Å². The van der Waals surface area contributed by atoms with E-state index in [0.717, 1.165) is 48.4 Å². The number of para-hydroxylation sites is 1. The van der Waals surface area contributed by atoms with Gasteiger partial charge in [-0.25, -0.2) is 9.07 Å². The average molecular weight is 376 g/mol. The highest BCUT2D eigenvalue weighted by molar-refractivity contribution is 6.36. The number of rotatable bonds is 2. The molecule has 0 spiro atoms. The molecule has 0 aliphatic carbocycles. The predicted molar refractivity (Wildman–Crippen MR) is 100 cm³/mol. The minimum absolute atomic E-state index is 0.312. The Morgan fingerprint density at radius 3 is 2.72 bits per heavy atom. The molecule has 2 heterocycles. The van der Waals surface area contributed by atoms with Gasteiger partial charge in [0.1, 0.15) is 17.3 Å². The summed E-state index contributed by atoms with van der Waals surface area (Å²) in [6.07, 6.45) is 2.96. The fraction of sp³-hybridized carbons (Fsp3) is 0.211. The zero-order valence-electron chi connectivity index (χ0n) is 13.4. The van der Waals surface area contributed by atoms with Crippen LogP contribution in [0.2, 0.25) is 10.0 Å². The first kappa shape index (κ1) is 16.4. The van der Waals surface area contributed by atoms with Crippen molar-refractivity contribution in [3.63, 3.8) is 0 Å². The van der Waals surface area contributed by atoms with Gasteiger partial charge >= 0.3 is 0 Å². The Hall–Kier alpha value is -2.04. The molecule has 4 rings (SSSR count). The molecule has 0 atom stereocenters. The fourth-order valence-electron chi connectivity index (χ4n) is 3.20. The van der Waals surface area contributed by atoms with Gasteiger partial charge in [0.15, 0.2) is 0 Å². The number of nitrogens with zero attached hydrogens (tertiary/aromatic N) is 2. The number of hydrogen-bond acceptors (Lipinski definition) is 2. The molecule has 25 heavy (non-hydrogen) atoms. The van der Waals surface area contributed by atoms with Crippen molar-refractivity contribution in [2.75, 3.05) is 11.9 Å². The highest BCUT2D eigenvalue weighted by Gasteiger charge is 2.24. The molecule has 1 N–H and O–H groups in total. The number of aromatic nitrogens is 2. The molecule has 1 aliphatic heterocycles. The lowest BCUT2D eigenvalue weighted by Gasteiger charge is -2.09. The molecule has 6 heteroatoms. The predicted octanol–water partition coefficient (Wildman–Crippen LogP) is 5.73. The molecule has 0 fully saturated rings. The van der Waals surface area contributed by atoms with Crippen molar-refractivity contribution in [3.05, 3.63) is 63.9 Å². The first-order chi connectivity index (χ1) is 12.1. The van der Waals surface area contributed by atoms with Crippen molar-refractivity contribution in [2.45, 2.75) is 19.3 Å². The smallest absolute Gasteiger partial charge is 0.148 e. The molecule has 1 aliphatic rings. The highest BCUT2D eigenvalue weighted by atomic mass is 35.5. The normalized spacial score (nSPS) is 13.9. The van der Waals surface area contributed by atoms with E-state index in [1.807, 2.05) is 6.07 Å². The summed E-state index contributed by atoms with van der Waals surface area (Å²) < 4.78 is 16.0. The van der Waals surface area contributed by atoms with Crippen molar-refractivity contribution in [3.8, 4) is 16.9 Å². The van der Waals surface area contributed by atoms with Gasteiger partial charge in [-0.05, 0) is 49.6 Å². The topological polar surface area (TPSA) is 29.9 Å². The van der Waals surface area contributed by atoms with E-state index in [9.17, 15) is 4.39 Å². The van der Waals surface area contributed by atoms with Crippen molar-refractivity contribution in [1.82, 2.24) is 9.78 Å². The summed E-state index contributed by atoms with van der Waals surface area (Å²) in [6, 6.07) is 12.0. The zero-order chi connectivity index (χ0) is 17.4. The zero-order valence-corrected chi connectivity index (χ0v) is 14.9. The molecular weight excluding hydrogens is 360 g/mol. The fourth-order valence-corrected chi connectivity index (χ4v) is 3.70. The first-order valence-corrected chi connectivity index (χ1v) is 8.97. The van der Waals surface area contributed by atoms with Gasteiger partial charge in [-0.2, -0.15) is 5.10 Å². The quantitative estimate of drug-likeness (QED) is 0.619. The lowest BCUT2D eigenvalue weighted by Crippen LogP contribution is -2.08. The lowest BCUT2D eigenvalue weighted by atomic mass is 10.0. The van der Waals surface area contributed by atoms with Crippen LogP contribution in [0, 0.1) is 5.82 Å². The van der Waals surface area contributed by atoms with Crippen molar-refractivity contribution in [1.29, 1.82) is 0 Å². The maximum Gasteiger partial charge on any atom is 0.148 e. The van der Waals surface area contributed by atoms with Gasteiger partial charge in [-0.3, -0.25) is 0 Å². The lowest BCUT2D eigenvalue weighted by molar-refractivity contribution is 0.611. The Labute approximate surface area is 155 Å². The van der Waals surface area contributed by atoms with Gasteiger partial charge in [0.25, 0.3) is 0 Å². The van der Waals surface area contributed by atoms with Gasteiger partial charge < -0.3 is 5.32 Å². The minimum Gasteiger partial charge on any atom is -0.370 e. The van der Waals surface area contributed by atoms with Crippen LogP contribution in [-0.2, 0) is 6.42 Å². The third-order valence-corrected chi connectivity index (χ3v) is 4.94. The Morgan fingerprint density at radius 2 is 1.92 bits per heavy atom. The molecule has 0 saturated carbocycles. The molecule has 3 nitrogen and oxygen atoms in total. The number of nitrogens with one attached hydrogen (secondary N) is 1.